The maximum atomic E-state index is 13.2. The van der Waals surface area contributed by atoms with Crippen LogP contribution in [0.25, 0.3) is 0 Å². The summed E-state index contributed by atoms with van der Waals surface area (Å²) in [6.07, 6.45) is 1.95. The Morgan fingerprint density at radius 3 is 2.40 bits per heavy atom. The van der Waals surface area contributed by atoms with E-state index in [0.717, 1.165) is 25.9 Å². The standard InChI is InChI=1S/C29H26Cl2N4O6S/c1-18-10-23(42(39,40)34-27(36)16-35-8-2-3-9-35)5-6-25(18)33-28(37)17-41-26-7-4-21(30)14-24(26)29(38)20-11-19(15-32)12-22(31)13-20/h4-7,10-14H,2-3,8-9,16-17H2,1H3,(H,33,37)(H,34,36). The smallest absolute Gasteiger partial charge is 0.264 e. The summed E-state index contributed by atoms with van der Waals surface area (Å²) < 4.78 is 33.1. The molecule has 0 radical (unpaired) electrons. The lowest BCUT2D eigenvalue weighted by atomic mass is 10.0. The highest BCUT2D eigenvalue weighted by molar-refractivity contribution is 7.90. The number of hydrogen-bond donors (Lipinski definition) is 2. The molecule has 218 valence electrons. The van der Waals surface area contributed by atoms with E-state index in [1.165, 1.54) is 54.6 Å². The monoisotopic (exact) mass is 628 g/mol. The molecule has 0 spiro atoms. The second-order valence-corrected chi connectivity index (χ2v) is 12.2. The quantitative estimate of drug-likeness (QED) is 0.316. The van der Waals surface area contributed by atoms with Gasteiger partial charge in [-0.15, -0.1) is 0 Å². The van der Waals surface area contributed by atoms with Crippen molar-refractivity contribution in [1.82, 2.24) is 9.62 Å². The summed E-state index contributed by atoms with van der Waals surface area (Å²) in [5.41, 5.74) is 1.19. The third-order valence-corrected chi connectivity index (χ3v) is 8.25. The van der Waals surface area contributed by atoms with Crippen molar-refractivity contribution in [2.45, 2.75) is 24.7 Å². The summed E-state index contributed by atoms with van der Waals surface area (Å²) >= 11 is 12.1. The number of ketones is 1. The second-order valence-electron chi connectivity index (χ2n) is 9.64. The molecule has 1 aliphatic rings. The van der Waals surface area contributed by atoms with Gasteiger partial charge in [0.25, 0.3) is 15.9 Å². The number of nitrogens with one attached hydrogen (secondary N) is 2. The number of ether oxygens (including phenoxy) is 1. The van der Waals surface area contributed by atoms with E-state index in [0.29, 0.717) is 11.3 Å². The molecule has 1 saturated heterocycles. The molecule has 4 rings (SSSR count). The molecule has 1 aliphatic heterocycles. The van der Waals surface area contributed by atoms with Crippen molar-refractivity contribution in [2.75, 3.05) is 31.6 Å². The number of carbonyl (C=O) groups excluding carboxylic acids is 3. The summed E-state index contributed by atoms with van der Waals surface area (Å²) in [7, 11) is -4.09. The number of nitriles is 1. The van der Waals surface area contributed by atoms with Gasteiger partial charge in [-0.25, -0.2) is 13.1 Å². The molecule has 1 fully saturated rings. The summed E-state index contributed by atoms with van der Waals surface area (Å²) in [5, 5.41) is 12.3. The Morgan fingerprint density at radius 2 is 1.71 bits per heavy atom. The number of benzene rings is 3. The van der Waals surface area contributed by atoms with Crippen LogP contribution >= 0.6 is 23.2 Å². The van der Waals surface area contributed by atoms with Gasteiger partial charge in [-0.1, -0.05) is 23.2 Å². The highest BCUT2D eigenvalue weighted by atomic mass is 35.5. The van der Waals surface area contributed by atoms with Gasteiger partial charge in [-0.3, -0.25) is 19.3 Å². The van der Waals surface area contributed by atoms with Crippen LogP contribution in [0.1, 0.15) is 39.9 Å². The first-order valence-corrected chi connectivity index (χ1v) is 15.1. The number of halogens is 2. The zero-order valence-electron chi connectivity index (χ0n) is 22.4. The number of sulfonamides is 1. The minimum atomic E-state index is -4.09. The topological polar surface area (TPSA) is 146 Å². The van der Waals surface area contributed by atoms with Crippen LogP contribution in [0.15, 0.2) is 59.5 Å². The van der Waals surface area contributed by atoms with Gasteiger partial charge in [-0.2, -0.15) is 5.26 Å². The number of rotatable bonds is 10. The molecule has 0 atom stereocenters. The fraction of sp³-hybridized carbons (Fsp3) is 0.241. The third kappa shape index (κ3) is 7.86. The van der Waals surface area contributed by atoms with Crippen molar-refractivity contribution in [3.8, 4) is 11.8 Å². The lowest BCUT2D eigenvalue weighted by Crippen LogP contribution is -2.38. The van der Waals surface area contributed by atoms with Crippen molar-refractivity contribution < 1.29 is 27.5 Å². The molecule has 0 aromatic heterocycles. The van der Waals surface area contributed by atoms with E-state index < -0.39 is 34.2 Å². The molecule has 1 heterocycles. The van der Waals surface area contributed by atoms with Crippen molar-refractivity contribution >= 4 is 56.5 Å². The van der Waals surface area contributed by atoms with Crippen LogP contribution in [-0.4, -0.2) is 57.2 Å². The Labute approximate surface area is 253 Å². The lowest BCUT2D eigenvalue weighted by Gasteiger charge is -2.15. The first-order valence-electron chi connectivity index (χ1n) is 12.8. The van der Waals surface area contributed by atoms with Gasteiger partial charge in [0, 0.05) is 21.3 Å². The number of likely N-dealkylation sites (tertiary alicyclic amines) is 1. The SMILES string of the molecule is Cc1cc(S(=O)(=O)NC(=O)CN2CCCC2)ccc1NC(=O)COc1ccc(Cl)cc1C(=O)c1cc(Cl)cc(C#N)c1. The first kappa shape index (κ1) is 31.0. The fourth-order valence-corrected chi connectivity index (χ4v) is 5.87. The molecule has 3 aromatic carbocycles. The van der Waals surface area contributed by atoms with E-state index in [2.05, 4.69) is 10.0 Å². The molecule has 0 saturated carbocycles. The molecule has 0 bridgehead atoms. The zero-order valence-corrected chi connectivity index (χ0v) is 24.8. The molecule has 2 N–H and O–H groups in total. The third-order valence-electron chi connectivity index (χ3n) is 6.43. The van der Waals surface area contributed by atoms with Crippen molar-refractivity contribution in [1.29, 1.82) is 5.26 Å². The van der Waals surface area contributed by atoms with Gasteiger partial charge in [0.2, 0.25) is 5.91 Å². The van der Waals surface area contributed by atoms with E-state index in [4.69, 9.17) is 27.9 Å². The molecular formula is C29H26Cl2N4O6S. The summed E-state index contributed by atoms with van der Waals surface area (Å²) in [6.45, 7) is 2.65. The van der Waals surface area contributed by atoms with Gasteiger partial charge in [0.05, 0.1) is 28.6 Å². The second kappa shape index (κ2) is 13.4. The van der Waals surface area contributed by atoms with Crippen molar-refractivity contribution in [3.05, 3.63) is 86.9 Å². The molecule has 10 nitrogen and oxygen atoms in total. The first-order chi connectivity index (χ1) is 19.9. The van der Waals surface area contributed by atoms with Crippen LogP contribution in [0.2, 0.25) is 10.0 Å². The Morgan fingerprint density at radius 1 is 0.976 bits per heavy atom. The molecule has 2 amide bonds. The van der Waals surface area contributed by atoms with E-state index in [1.807, 2.05) is 11.0 Å². The summed E-state index contributed by atoms with van der Waals surface area (Å²) in [6, 6.07) is 14.5. The predicted molar refractivity (Wildman–Crippen MR) is 157 cm³/mol. The minimum Gasteiger partial charge on any atom is -0.483 e. The van der Waals surface area contributed by atoms with Crippen molar-refractivity contribution in [3.63, 3.8) is 0 Å². The molecule has 3 aromatic rings. The lowest BCUT2D eigenvalue weighted by molar-refractivity contribution is -0.120. The van der Waals surface area contributed by atoms with Gasteiger partial charge >= 0.3 is 0 Å². The summed E-state index contributed by atoms with van der Waals surface area (Å²) in [5.74, 6) is -1.60. The average Bonchev–Trinajstić information content (AvgIpc) is 3.45. The number of amides is 2. The largest absolute Gasteiger partial charge is 0.483 e. The minimum absolute atomic E-state index is 0.00723. The zero-order chi connectivity index (χ0) is 30.4. The number of carbonyl (C=O) groups is 3. The van der Waals surface area contributed by atoms with E-state index >= 15 is 0 Å². The predicted octanol–water partition coefficient (Wildman–Crippen LogP) is 4.32. The fourth-order valence-electron chi connectivity index (χ4n) is 4.40. The van der Waals surface area contributed by atoms with E-state index in [-0.39, 0.29) is 43.9 Å². The molecule has 42 heavy (non-hydrogen) atoms. The maximum absolute atomic E-state index is 13.2. The molecule has 0 aliphatic carbocycles. The number of anilines is 1. The summed E-state index contributed by atoms with van der Waals surface area (Å²) in [4.78, 5) is 39.9. The Bertz CT molecular complexity index is 1700. The van der Waals surface area contributed by atoms with Crippen LogP contribution in [-0.2, 0) is 19.6 Å². The van der Waals surface area contributed by atoms with Crippen LogP contribution in [0.5, 0.6) is 5.75 Å². The molecule has 0 unspecified atom stereocenters. The normalized spacial score (nSPS) is 13.3. The van der Waals surface area contributed by atoms with Crippen LogP contribution < -0.4 is 14.8 Å². The van der Waals surface area contributed by atoms with Crippen LogP contribution in [0.4, 0.5) is 5.69 Å². The number of aryl methyl sites for hydroxylation is 1. The number of hydrogen-bond acceptors (Lipinski definition) is 8. The number of nitrogens with zero attached hydrogens (tertiary/aromatic N) is 2. The molecule has 13 heteroatoms. The van der Waals surface area contributed by atoms with E-state index in [1.54, 1.807) is 6.92 Å². The maximum Gasteiger partial charge on any atom is 0.264 e. The van der Waals surface area contributed by atoms with Gasteiger partial charge in [0.1, 0.15) is 5.75 Å². The van der Waals surface area contributed by atoms with Crippen molar-refractivity contribution in [2.24, 2.45) is 0 Å². The van der Waals surface area contributed by atoms with Gasteiger partial charge < -0.3 is 10.1 Å². The molecular weight excluding hydrogens is 603 g/mol. The van der Waals surface area contributed by atoms with Gasteiger partial charge in [-0.05, 0) is 93.0 Å². The average molecular weight is 630 g/mol. The highest BCUT2D eigenvalue weighted by Gasteiger charge is 2.22. The van der Waals surface area contributed by atoms with E-state index in [9.17, 15) is 28.1 Å². The highest BCUT2D eigenvalue weighted by Crippen LogP contribution is 2.27. The Kier molecular flexibility index (Phi) is 9.85. The van der Waals surface area contributed by atoms with Gasteiger partial charge in [0.15, 0.2) is 12.4 Å². The van der Waals surface area contributed by atoms with Crippen LogP contribution in [0, 0.1) is 18.3 Å². The Balaban J connectivity index is 1.41. The Hall–Kier alpha value is -3.95. The van der Waals surface area contributed by atoms with Crippen LogP contribution in [0.3, 0.4) is 0 Å².